The van der Waals surface area contributed by atoms with Crippen LogP contribution in [0.3, 0.4) is 0 Å². The van der Waals surface area contributed by atoms with E-state index in [1.165, 1.54) is 6.08 Å². The fourth-order valence-corrected chi connectivity index (χ4v) is 4.78. The number of methoxy groups -OCH3 is 1. The number of carbonyl (C=O) groups is 1. The standard InChI is InChI=1S/C32H30N4O6S/c1-4-30-33-24(20-43-30)12-11-23-17-36(25-8-6-5-7-9-25)35-32(23)41-18-22-10-13-27(28(16-22)39-3)40-19-26-21(2)42-29(34-26)14-15-31(37)38/h5-17,20H,4,18-19H2,1-3H3,(H,37,38)/b12-11?,15-14+. The van der Waals surface area contributed by atoms with Crippen LogP contribution in [0.5, 0.6) is 17.4 Å². The molecule has 0 aliphatic heterocycles. The smallest absolute Gasteiger partial charge is 0.328 e. The van der Waals surface area contributed by atoms with Crippen molar-refractivity contribution in [3.8, 4) is 23.1 Å². The molecule has 5 rings (SSSR count). The summed E-state index contributed by atoms with van der Waals surface area (Å²) in [7, 11) is 1.57. The van der Waals surface area contributed by atoms with Crippen LogP contribution >= 0.6 is 11.3 Å². The molecule has 5 aromatic rings. The Bertz CT molecular complexity index is 1750. The molecular formula is C32H30N4O6S. The second-order valence-electron chi connectivity index (χ2n) is 9.31. The van der Waals surface area contributed by atoms with Crippen molar-refractivity contribution in [1.29, 1.82) is 0 Å². The molecule has 1 N–H and O–H groups in total. The van der Waals surface area contributed by atoms with Crippen LogP contribution in [0.15, 0.2) is 70.6 Å². The Balaban J connectivity index is 1.30. The Morgan fingerprint density at radius 3 is 2.63 bits per heavy atom. The van der Waals surface area contributed by atoms with Gasteiger partial charge in [0.15, 0.2) is 11.5 Å². The van der Waals surface area contributed by atoms with Crippen molar-refractivity contribution in [3.63, 3.8) is 0 Å². The maximum Gasteiger partial charge on any atom is 0.328 e. The van der Waals surface area contributed by atoms with Crippen LogP contribution in [0.25, 0.3) is 23.9 Å². The molecule has 0 amide bonds. The van der Waals surface area contributed by atoms with Gasteiger partial charge in [-0.2, -0.15) is 0 Å². The summed E-state index contributed by atoms with van der Waals surface area (Å²) in [4.78, 5) is 19.7. The lowest BCUT2D eigenvalue weighted by Gasteiger charge is -2.12. The summed E-state index contributed by atoms with van der Waals surface area (Å²) in [6.45, 7) is 4.20. The molecular weight excluding hydrogens is 568 g/mol. The number of aliphatic carboxylic acids is 1. The van der Waals surface area contributed by atoms with Crippen molar-refractivity contribution in [1.82, 2.24) is 19.7 Å². The number of aromatic nitrogens is 4. The lowest BCUT2D eigenvalue weighted by atomic mass is 10.2. The summed E-state index contributed by atoms with van der Waals surface area (Å²) in [5.74, 6) is 1.18. The number of benzene rings is 2. The fraction of sp³-hybridized carbons (Fsp3) is 0.188. The molecule has 0 fully saturated rings. The van der Waals surface area contributed by atoms with Gasteiger partial charge in [-0.25, -0.2) is 19.4 Å². The Kier molecular flexibility index (Phi) is 9.33. The average Bonchev–Trinajstić information content (AvgIpc) is 3.75. The van der Waals surface area contributed by atoms with Crippen LogP contribution in [0, 0.1) is 6.92 Å². The van der Waals surface area contributed by atoms with Gasteiger partial charge in [0.1, 0.15) is 24.7 Å². The summed E-state index contributed by atoms with van der Waals surface area (Å²) in [6.07, 6.45) is 9.02. The molecule has 2 aromatic carbocycles. The summed E-state index contributed by atoms with van der Waals surface area (Å²) in [5, 5.41) is 16.6. The number of aryl methyl sites for hydroxylation is 2. The normalized spacial score (nSPS) is 11.4. The van der Waals surface area contributed by atoms with Gasteiger partial charge in [-0.3, -0.25) is 0 Å². The van der Waals surface area contributed by atoms with Crippen LogP contribution < -0.4 is 14.2 Å². The molecule has 10 nitrogen and oxygen atoms in total. The van der Waals surface area contributed by atoms with Crippen LogP contribution in [0.2, 0.25) is 0 Å². The molecule has 3 heterocycles. The lowest BCUT2D eigenvalue weighted by molar-refractivity contribution is -0.131. The second-order valence-corrected chi connectivity index (χ2v) is 10.3. The molecule has 0 saturated heterocycles. The number of hydrogen-bond donors (Lipinski definition) is 1. The van der Waals surface area contributed by atoms with Gasteiger partial charge in [0.05, 0.1) is 29.1 Å². The number of para-hydroxylation sites is 1. The molecule has 0 aliphatic carbocycles. The quantitative estimate of drug-likeness (QED) is 0.149. The van der Waals surface area contributed by atoms with E-state index in [0.717, 1.165) is 40.0 Å². The van der Waals surface area contributed by atoms with E-state index in [-0.39, 0.29) is 19.1 Å². The first-order valence-electron chi connectivity index (χ1n) is 13.5. The highest BCUT2D eigenvalue weighted by molar-refractivity contribution is 7.09. The molecule has 0 unspecified atom stereocenters. The molecule has 3 aromatic heterocycles. The van der Waals surface area contributed by atoms with Crippen LogP contribution in [-0.4, -0.2) is 37.9 Å². The third kappa shape index (κ3) is 7.57. The molecule has 0 atom stereocenters. The molecule has 0 saturated carbocycles. The van der Waals surface area contributed by atoms with Gasteiger partial charge in [0.2, 0.25) is 11.8 Å². The fourth-order valence-electron chi connectivity index (χ4n) is 4.07. The molecule has 220 valence electrons. The first-order valence-corrected chi connectivity index (χ1v) is 14.4. The van der Waals surface area contributed by atoms with Crippen molar-refractivity contribution >= 4 is 35.5 Å². The first kappa shape index (κ1) is 29.3. The third-order valence-electron chi connectivity index (χ3n) is 6.28. The van der Waals surface area contributed by atoms with Crippen LogP contribution in [0.4, 0.5) is 0 Å². The molecule has 11 heteroatoms. The van der Waals surface area contributed by atoms with Gasteiger partial charge in [0, 0.05) is 23.7 Å². The second kappa shape index (κ2) is 13.7. The average molecular weight is 599 g/mol. The number of thiazole rings is 1. The summed E-state index contributed by atoms with van der Waals surface area (Å²) in [5.41, 5.74) is 4.05. The first-order chi connectivity index (χ1) is 20.9. The summed E-state index contributed by atoms with van der Waals surface area (Å²) < 4.78 is 25.0. The lowest BCUT2D eigenvalue weighted by Crippen LogP contribution is -2.02. The van der Waals surface area contributed by atoms with Crippen molar-refractivity contribution in [2.75, 3.05) is 7.11 Å². The topological polar surface area (TPSA) is 122 Å². The Labute approximate surface area is 252 Å². The van der Waals surface area contributed by atoms with E-state index in [0.29, 0.717) is 28.8 Å². The largest absolute Gasteiger partial charge is 0.493 e. The van der Waals surface area contributed by atoms with Crippen LogP contribution in [-0.2, 0) is 24.4 Å². The number of hydrogen-bond acceptors (Lipinski definition) is 9. The van der Waals surface area contributed by atoms with Gasteiger partial charge in [-0.1, -0.05) is 31.2 Å². The zero-order chi connectivity index (χ0) is 30.2. The van der Waals surface area contributed by atoms with Crippen molar-refractivity contribution in [3.05, 3.63) is 105 Å². The van der Waals surface area contributed by atoms with E-state index in [2.05, 4.69) is 16.9 Å². The van der Waals surface area contributed by atoms with Gasteiger partial charge >= 0.3 is 5.97 Å². The minimum absolute atomic E-state index is 0.119. The molecule has 0 aliphatic rings. The van der Waals surface area contributed by atoms with Gasteiger partial charge < -0.3 is 23.7 Å². The summed E-state index contributed by atoms with van der Waals surface area (Å²) >= 11 is 1.64. The summed E-state index contributed by atoms with van der Waals surface area (Å²) in [6, 6.07) is 15.4. The Morgan fingerprint density at radius 1 is 1.05 bits per heavy atom. The maximum atomic E-state index is 10.8. The zero-order valence-electron chi connectivity index (χ0n) is 23.9. The van der Waals surface area contributed by atoms with Crippen LogP contribution in [0.1, 0.15) is 46.1 Å². The Hall–Kier alpha value is -5.16. The minimum Gasteiger partial charge on any atom is -0.493 e. The van der Waals surface area contributed by atoms with Crippen molar-refractivity contribution in [2.45, 2.75) is 33.5 Å². The number of rotatable bonds is 13. The number of oxazole rings is 1. The Morgan fingerprint density at radius 2 is 1.88 bits per heavy atom. The highest BCUT2D eigenvalue weighted by Crippen LogP contribution is 2.30. The monoisotopic (exact) mass is 598 g/mol. The zero-order valence-corrected chi connectivity index (χ0v) is 24.7. The van der Waals surface area contributed by atoms with Crippen molar-refractivity contribution in [2.24, 2.45) is 0 Å². The van der Waals surface area contributed by atoms with E-state index in [1.807, 2.05) is 66.2 Å². The number of nitrogens with zero attached hydrogens (tertiary/aromatic N) is 4. The van der Waals surface area contributed by atoms with Crippen molar-refractivity contribution < 1.29 is 28.5 Å². The van der Waals surface area contributed by atoms with Gasteiger partial charge in [0.25, 0.3) is 0 Å². The van der Waals surface area contributed by atoms with E-state index in [1.54, 1.807) is 36.1 Å². The highest BCUT2D eigenvalue weighted by atomic mass is 32.1. The van der Waals surface area contributed by atoms with E-state index < -0.39 is 5.97 Å². The number of carboxylic acid groups (broad SMARTS) is 1. The van der Waals surface area contributed by atoms with Gasteiger partial charge in [-0.05, 0) is 55.3 Å². The maximum absolute atomic E-state index is 10.8. The number of carboxylic acids is 1. The minimum atomic E-state index is -1.08. The highest BCUT2D eigenvalue weighted by Gasteiger charge is 2.14. The predicted octanol–water partition coefficient (Wildman–Crippen LogP) is 6.62. The molecule has 0 bridgehead atoms. The van der Waals surface area contributed by atoms with E-state index in [9.17, 15) is 4.79 Å². The third-order valence-corrected chi connectivity index (χ3v) is 7.29. The molecule has 0 radical (unpaired) electrons. The molecule has 0 spiro atoms. The van der Waals surface area contributed by atoms with E-state index >= 15 is 0 Å². The van der Waals surface area contributed by atoms with E-state index in [4.69, 9.17) is 28.8 Å². The SMILES string of the molecule is CCc1nc(C=Cc2cn(-c3ccccc3)nc2OCc2ccc(OCc3nc(/C=C/C(=O)O)oc3C)c(OC)c2)cs1. The number of ether oxygens (including phenoxy) is 3. The molecule has 43 heavy (non-hydrogen) atoms. The predicted molar refractivity (Wildman–Crippen MR) is 164 cm³/mol. The van der Waals surface area contributed by atoms with Gasteiger partial charge in [-0.15, -0.1) is 16.4 Å².